The van der Waals surface area contributed by atoms with Gasteiger partial charge < -0.3 is 5.32 Å². The van der Waals surface area contributed by atoms with Crippen LogP contribution in [0.3, 0.4) is 0 Å². The van der Waals surface area contributed by atoms with Crippen molar-refractivity contribution in [3.05, 3.63) is 30.1 Å². The Bertz CT molecular complexity index is 276. The molecule has 0 amide bonds. The van der Waals surface area contributed by atoms with Crippen molar-refractivity contribution in [1.29, 1.82) is 0 Å². The van der Waals surface area contributed by atoms with Crippen LogP contribution < -0.4 is 5.32 Å². The number of rotatable bonds is 5. The van der Waals surface area contributed by atoms with Gasteiger partial charge in [-0.2, -0.15) is 5.10 Å². The fourth-order valence-electron chi connectivity index (χ4n) is 1.14. The first-order valence-electron chi connectivity index (χ1n) is 4.54. The van der Waals surface area contributed by atoms with Crippen molar-refractivity contribution in [3.63, 3.8) is 0 Å². The molecular formula is C10H17N3. The molecule has 13 heavy (non-hydrogen) atoms. The minimum Gasteiger partial charge on any atom is -0.312 e. The summed E-state index contributed by atoms with van der Waals surface area (Å²) in [5, 5.41) is 7.50. The van der Waals surface area contributed by atoms with E-state index in [9.17, 15) is 0 Å². The van der Waals surface area contributed by atoms with E-state index in [1.165, 1.54) is 11.3 Å². The van der Waals surface area contributed by atoms with Crippen molar-refractivity contribution in [1.82, 2.24) is 15.1 Å². The van der Waals surface area contributed by atoms with E-state index in [1.807, 2.05) is 24.0 Å². The highest BCUT2D eigenvalue weighted by molar-refractivity contribution is 5.15. The zero-order chi connectivity index (χ0) is 9.68. The van der Waals surface area contributed by atoms with Gasteiger partial charge in [-0.15, -0.1) is 6.58 Å². The van der Waals surface area contributed by atoms with Crippen LogP contribution in [-0.4, -0.2) is 16.3 Å². The quantitative estimate of drug-likeness (QED) is 0.547. The largest absolute Gasteiger partial charge is 0.312 e. The molecule has 0 spiro atoms. The molecule has 0 unspecified atom stereocenters. The van der Waals surface area contributed by atoms with E-state index >= 15 is 0 Å². The van der Waals surface area contributed by atoms with Crippen molar-refractivity contribution in [2.75, 3.05) is 6.54 Å². The number of aromatic nitrogens is 2. The number of nitrogens with one attached hydrogen (secondary N) is 1. The van der Waals surface area contributed by atoms with E-state index in [0.717, 1.165) is 19.5 Å². The van der Waals surface area contributed by atoms with Crippen molar-refractivity contribution in [2.24, 2.45) is 7.05 Å². The predicted octanol–water partition coefficient (Wildman–Crippen LogP) is 1.39. The summed E-state index contributed by atoms with van der Waals surface area (Å²) in [4.78, 5) is 0. The maximum atomic E-state index is 4.17. The molecule has 0 aliphatic heterocycles. The van der Waals surface area contributed by atoms with E-state index in [0.29, 0.717) is 0 Å². The predicted molar refractivity (Wildman–Crippen MR) is 54.5 cm³/mol. The van der Waals surface area contributed by atoms with Crippen LogP contribution in [0.5, 0.6) is 0 Å². The molecular weight excluding hydrogens is 162 g/mol. The lowest BCUT2D eigenvalue weighted by Gasteiger charge is -2.01. The first-order chi connectivity index (χ1) is 6.25. The number of hydrogen-bond donors (Lipinski definition) is 1. The zero-order valence-electron chi connectivity index (χ0n) is 8.38. The van der Waals surface area contributed by atoms with Crippen LogP contribution in [0.1, 0.15) is 17.7 Å². The number of nitrogens with zero attached hydrogens (tertiary/aromatic N) is 2. The summed E-state index contributed by atoms with van der Waals surface area (Å²) < 4.78 is 1.89. The molecule has 0 aliphatic carbocycles. The third-order valence-corrected chi connectivity index (χ3v) is 2.18. The molecule has 0 bridgehead atoms. The summed E-state index contributed by atoms with van der Waals surface area (Å²) in [6.07, 6.45) is 4.85. The Kier molecular flexibility index (Phi) is 3.71. The lowest BCUT2D eigenvalue weighted by molar-refractivity contribution is 0.687. The van der Waals surface area contributed by atoms with Crippen molar-refractivity contribution >= 4 is 0 Å². The Morgan fingerprint density at radius 3 is 3.00 bits per heavy atom. The van der Waals surface area contributed by atoms with Gasteiger partial charge in [-0.05, 0) is 19.9 Å². The van der Waals surface area contributed by atoms with Gasteiger partial charge in [0.25, 0.3) is 0 Å². The van der Waals surface area contributed by atoms with Gasteiger partial charge in [0, 0.05) is 24.8 Å². The molecule has 0 atom stereocenters. The van der Waals surface area contributed by atoms with E-state index < -0.39 is 0 Å². The number of aryl methyl sites for hydroxylation is 1. The molecule has 3 nitrogen and oxygen atoms in total. The Hall–Kier alpha value is -1.09. The monoisotopic (exact) mass is 179 g/mol. The van der Waals surface area contributed by atoms with Crippen LogP contribution in [0.15, 0.2) is 18.9 Å². The normalized spacial score (nSPS) is 10.3. The smallest absolute Gasteiger partial charge is 0.0537 e. The van der Waals surface area contributed by atoms with Crippen molar-refractivity contribution < 1.29 is 0 Å². The van der Waals surface area contributed by atoms with Crippen LogP contribution in [0, 0.1) is 6.92 Å². The Morgan fingerprint density at radius 1 is 1.69 bits per heavy atom. The van der Waals surface area contributed by atoms with Gasteiger partial charge in [0.2, 0.25) is 0 Å². The summed E-state index contributed by atoms with van der Waals surface area (Å²) >= 11 is 0. The first kappa shape index (κ1) is 9.99. The molecule has 1 aromatic heterocycles. The molecule has 3 heteroatoms. The SMILES string of the molecule is C=CCCNCc1cnn(C)c1C. The van der Waals surface area contributed by atoms with Crippen molar-refractivity contribution in [2.45, 2.75) is 19.9 Å². The van der Waals surface area contributed by atoms with Crippen molar-refractivity contribution in [3.8, 4) is 0 Å². The number of hydrogen-bond acceptors (Lipinski definition) is 2. The van der Waals surface area contributed by atoms with Gasteiger partial charge >= 0.3 is 0 Å². The summed E-state index contributed by atoms with van der Waals surface area (Å²) in [5.74, 6) is 0. The molecule has 1 rings (SSSR count). The molecule has 0 aromatic carbocycles. The Morgan fingerprint density at radius 2 is 2.46 bits per heavy atom. The Balaban J connectivity index is 2.36. The second-order valence-corrected chi connectivity index (χ2v) is 3.13. The minimum absolute atomic E-state index is 0.896. The fourth-order valence-corrected chi connectivity index (χ4v) is 1.14. The maximum absolute atomic E-state index is 4.17. The first-order valence-corrected chi connectivity index (χ1v) is 4.54. The van der Waals surface area contributed by atoms with Gasteiger partial charge in [0.05, 0.1) is 6.20 Å². The van der Waals surface area contributed by atoms with Crippen LogP contribution in [0.2, 0.25) is 0 Å². The third-order valence-electron chi connectivity index (χ3n) is 2.18. The lowest BCUT2D eigenvalue weighted by atomic mass is 10.2. The summed E-state index contributed by atoms with van der Waals surface area (Å²) in [5.41, 5.74) is 2.50. The average Bonchev–Trinajstić information content (AvgIpc) is 2.43. The van der Waals surface area contributed by atoms with Gasteiger partial charge in [-0.3, -0.25) is 4.68 Å². The van der Waals surface area contributed by atoms with Gasteiger partial charge in [-0.1, -0.05) is 6.08 Å². The van der Waals surface area contributed by atoms with Crippen LogP contribution in [-0.2, 0) is 13.6 Å². The van der Waals surface area contributed by atoms with E-state index in [4.69, 9.17) is 0 Å². The summed E-state index contributed by atoms with van der Waals surface area (Å²) in [6.45, 7) is 7.63. The molecule has 72 valence electrons. The zero-order valence-corrected chi connectivity index (χ0v) is 8.38. The molecule has 1 N–H and O–H groups in total. The molecule has 0 radical (unpaired) electrons. The molecule has 0 saturated carbocycles. The summed E-state index contributed by atoms with van der Waals surface area (Å²) in [6, 6.07) is 0. The molecule has 1 aromatic rings. The molecule has 1 heterocycles. The average molecular weight is 179 g/mol. The van der Waals surface area contributed by atoms with E-state index in [1.54, 1.807) is 0 Å². The van der Waals surface area contributed by atoms with Crippen LogP contribution in [0.25, 0.3) is 0 Å². The molecule has 0 saturated heterocycles. The second kappa shape index (κ2) is 4.82. The highest BCUT2D eigenvalue weighted by Gasteiger charge is 2.01. The van der Waals surface area contributed by atoms with Gasteiger partial charge in [0.1, 0.15) is 0 Å². The third kappa shape index (κ3) is 2.70. The highest BCUT2D eigenvalue weighted by atomic mass is 15.3. The van der Waals surface area contributed by atoms with E-state index in [2.05, 4.69) is 23.9 Å². The van der Waals surface area contributed by atoms with Gasteiger partial charge in [0.15, 0.2) is 0 Å². The molecule has 0 fully saturated rings. The van der Waals surface area contributed by atoms with Gasteiger partial charge in [-0.25, -0.2) is 0 Å². The molecule has 0 aliphatic rings. The highest BCUT2D eigenvalue weighted by Crippen LogP contribution is 2.04. The lowest BCUT2D eigenvalue weighted by Crippen LogP contribution is -2.14. The van der Waals surface area contributed by atoms with Crippen LogP contribution in [0.4, 0.5) is 0 Å². The topological polar surface area (TPSA) is 29.9 Å². The Labute approximate surface area is 79.5 Å². The summed E-state index contributed by atoms with van der Waals surface area (Å²) in [7, 11) is 1.96. The second-order valence-electron chi connectivity index (χ2n) is 3.13. The van der Waals surface area contributed by atoms with E-state index in [-0.39, 0.29) is 0 Å². The van der Waals surface area contributed by atoms with Crippen LogP contribution >= 0.6 is 0 Å². The standard InChI is InChI=1S/C10H17N3/c1-4-5-6-11-7-10-8-12-13(3)9(10)2/h4,8,11H,1,5-7H2,2-3H3. The minimum atomic E-state index is 0.896. The maximum Gasteiger partial charge on any atom is 0.0537 e. The fraction of sp³-hybridized carbons (Fsp3) is 0.500.